The van der Waals surface area contributed by atoms with Crippen LogP contribution in [0.4, 0.5) is 5.69 Å². The van der Waals surface area contributed by atoms with Gasteiger partial charge in [-0.2, -0.15) is 0 Å². The Hall–Kier alpha value is -3.84. The minimum absolute atomic E-state index is 0.0131. The number of amides is 2. The average Bonchev–Trinajstić information content (AvgIpc) is 3.43. The van der Waals surface area contributed by atoms with Crippen LogP contribution in [0.5, 0.6) is 5.75 Å². The lowest BCUT2D eigenvalue weighted by atomic mass is 9.82. The molecule has 1 aromatic heterocycles. The van der Waals surface area contributed by atoms with Crippen LogP contribution in [-0.4, -0.2) is 60.9 Å². The van der Waals surface area contributed by atoms with Crippen molar-refractivity contribution in [3.63, 3.8) is 0 Å². The highest BCUT2D eigenvalue weighted by molar-refractivity contribution is 5.98. The van der Waals surface area contributed by atoms with Gasteiger partial charge in [-0.1, -0.05) is 69.3 Å². The van der Waals surface area contributed by atoms with Crippen molar-refractivity contribution in [2.45, 2.75) is 39.2 Å². The van der Waals surface area contributed by atoms with Gasteiger partial charge in [-0.3, -0.25) is 19.4 Å². The van der Waals surface area contributed by atoms with Crippen LogP contribution in [0, 0.1) is 0 Å². The van der Waals surface area contributed by atoms with Crippen LogP contribution in [0.25, 0.3) is 6.08 Å². The molecular formula is C32H37N3O4. The Kier molecular flexibility index (Phi) is 7.89. The molecule has 0 radical (unpaired) electrons. The normalized spacial score (nSPS) is 16.4. The highest BCUT2D eigenvalue weighted by atomic mass is 16.5. The fourth-order valence-corrected chi connectivity index (χ4v) is 4.93. The van der Waals surface area contributed by atoms with Gasteiger partial charge in [0.1, 0.15) is 11.5 Å². The van der Waals surface area contributed by atoms with Crippen LogP contribution < -0.4 is 9.64 Å². The molecule has 2 aromatic carbocycles. The number of piperazine rings is 1. The third kappa shape index (κ3) is 6.09. The van der Waals surface area contributed by atoms with Gasteiger partial charge in [0, 0.05) is 32.7 Å². The second-order valence-electron chi connectivity index (χ2n) is 10.9. The minimum Gasteiger partial charge on any atom is -0.482 e. The third-order valence-corrected chi connectivity index (χ3v) is 7.89. The van der Waals surface area contributed by atoms with Crippen molar-refractivity contribution in [2.24, 2.45) is 0 Å². The number of ether oxygens (including phenoxy) is 1. The molecule has 5 rings (SSSR count). The number of hydrogen-bond acceptors (Lipinski definition) is 5. The van der Waals surface area contributed by atoms with E-state index in [0.717, 1.165) is 37.3 Å². The quantitative estimate of drug-likeness (QED) is 0.394. The smallest absolute Gasteiger partial charge is 0.289 e. The van der Waals surface area contributed by atoms with Crippen molar-refractivity contribution in [1.82, 2.24) is 9.80 Å². The van der Waals surface area contributed by atoms with E-state index in [2.05, 4.69) is 56.0 Å². The van der Waals surface area contributed by atoms with Gasteiger partial charge >= 0.3 is 0 Å². The molecule has 204 valence electrons. The molecule has 0 unspecified atom stereocenters. The van der Waals surface area contributed by atoms with E-state index in [9.17, 15) is 9.59 Å². The summed E-state index contributed by atoms with van der Waals surface area (Å²) in [6.45, 7) is 10.6. The molecule has 2 amide bonds. The van der Waals surface area contributed by atoms with Crippen molar-refractivity contribution in [2.75, 3.05) is 44.2 Å². The van der Waals surface area contributed by atoms with Crippen LogP contribution in [0.2, 0.25) is 0 Å². The van der Waals surface area contributed by atoms with Crippen molar-refractivity contribution in [3.05, 3.63) is 89.4 Å². The summed E-state index contributed by atoms with van der Waals surface area (Å²) in [4.78, 5) is 31.9. The first-order chi connectivity index (χ1) is 18.8. The number of carbonyl (C=O) groups excluding carboxylic acids is 2. The number of carbonyl (C=O) groups is 2. The monoisotopic (exact) mass is 527 g/mol. The zero-order valence-corrected chi connectivity index (χ0v) is 23.1. The molecule has 3 heterocycles. The first-order valence-electron chi connectivity index (χ1n) is 13.7. The Morgan fingerprint density at radius 3 is 2.51 bits per heavy atom. The summed E-state index contributed by atoms with van der Waals surface area (Å²) in [6, 6.07) is 19.8. The van der Waals surface area contributed by atoms with E-state index in [0.29, 0.717) is 30.4 Å². The lowest BCUT2D eigenvalue weighted by Gasteiger charge is -2.33. The molecule has 1 saturated heterocycles. The van der Waals surface area contributed by atoms with Crippen molar-refractivity contribution in [3.8, 4) is 5.75 Å². The van der Waals surface area contributed by atoms with Gasteiger partial charge in [-0.25, -0.2) is 0 Å². The van der Waals surface area contributed by atoms with Crippen molar-refractivity contribution < 1.29 is 18.7 Å². The summed E-state index contributed by atoms with van der Waals surface area (Å²) < 4.78 is 11.7. The summed E-state index contributed by atoms with van der Waals surface area (Å²) in [5, 5.41) is 0. The molecule has 2 aliphatic heterocycles. The molecule has 7 heteroatoms. The standard InChI is InChI=1S/C32H37N3O4/c1-4-32(2,3)25-12-14-28-27(21-25)35(30(36)23-38-28)22-26-13-15-29(39-26)31(37)34-19-17-33(18-20-34)16-8-11-24-9-6-5-7-10-24/h5-15,21H,4,16-20,22-23H2,1-3H3. The maximum atomic E-state index is 13.2. The number of anilines is 1. The number of nitrogens with zero attached hydrogens (tertiary/aromatic N) is 3. The fourth-order valence-electron chi connectivity index (χ4n) is 4.93. The lowest BCUT2D eigenvalue weighted by molar-refractivity contribution is -0.121. The number of furan rings is 1. The summed E-state index contributed by atoms with van der Waals surface area (Å²) in [7, 11) is 0. The highest BCUT2D eigenvalue weighted by Gasteiger charge is 2.30. The minimum atomic E-state index is -0.129. The number of benzene rings is 2. The van der Waals surface area contributed by atoms with Gasteiger partial charge in [0.05, 0.1) is 12.2 Å². The van der Waals surface area contributed by atoms with Crippen molar-refractivity contribution in [1.29, 1.82) is 0 Å². The van der Waals surface area contributed by atoms with Gasteiger partial charge in [0.2, 0.25) is 0 Å². The predicted octanol–water partition coefficient (Wildman–Crippen LogP) is 5.36. The van der Waals surface area contributed by atoms with Gasteiger partial charge < -0.3 is 14.1 Å². The number of rotatable bonds is 8. The molecule has 7 nitrogen and oxygen atoms in total. The van der Waals surface area contributed by atoms with E-state index in [1.165, 1.54) is 5.56 Å². The second-order valence-corrected chi connectivity index (χ2v) is 10.9. The highest BCUT2D eigenvalue weighted by Crippen LogP contribution is 2.38. The summed E-state index contributed by atoms with van der Waals surface area (Å²) in [5.41, 5.74) is 3.06. The topological polar surface area (TPSA) is 66.2 Å². The van der Waals surface area contributed by atoms with E-state index in [4.69, 9.17) is 9.15 Å². The van der Waals surface area contributed by atoms with Crippen LogP contribution in [-0.2, 0) is 16.8 Å². The van der Waals surface area contributed by atoms with E-state index in [1.54, 1.807) is 17.0 Å². The third-order valence-electron chi connectivity index (χ3n) is 7.89. The summed E-state index contributed by atoms with van der Waals surface area (Å²) >= 11 is 0. The van der Waals surface area contributed by atoms with Gasteiger partial charge in [0.15, 0.2) is 12.4 Å². The summed E-state index contributed by atoms with van der Waals surface area (Å²) in [5.74, 6) is 1.33. The Labute approximate surface area is 230 Å². The average molecular weight is 528 g/mol. The van der Waals surface area contributed by atoms with Gasteiger partial charge in [-0.15, -0.1) is 0 Å². The Balaban J connectivity index is 1.20. The molecule has 1 fully saturated rings. The van der Waals surface area contributed by atoms with Crippen molar-refractivity contribution >= 4 is 23.6 Å². The van der Waals surface area contributed by atoms with Crippen LogP contribution in [0.15, 0.2) is 71.2 Å². The first-order valence-corrected chi connectivity index (χ1v) is 13.7. The Morgan fingerprint density at radius 1 is 1.00 bits per heavy atom. The fraction of sp³-hybridized carbons (Fsp3) is 0.375. The SMILES string of the molecule is CCC(C)(C)c1ccc2c(c1)N(Cc1ccc(C(=O)N3CCN(CC=Cc4ccccc4)CC3)o1)C(=O)CO2. The zero-order valence-electron chi connectivity index (χ0n) is 23.1. The molecule has 0 bridgehead atoms. The maximum absolute atomic E-state index is 13.2. The van der Waals surface area contributed by atoms with Crippen LogP contribution in [0.3, 0.4) is 0 Å². The maximum Gasteiger partial charge on any atom is 0.289 e. The van der Waals surface area contributed by atoms with Crippen LogP contribution >= 0.6 is 0 Å². The van der Waals surface area contributed by atoms with Gasteiger partial charge in [-0.05, 0) is 47.2 Å². The first kappa shape index (κ1) is 26.8. The second kappa shape index (κ2) is 11.5. The Bertz CT molecular complexity index is 1340. The molecule has 3 aromatic rings. The number of hydrogen-bond donors (Lipinski definition) is 0. The molecule has 0 saturated carbocycles. The van der Waals surface area contributed by atoms with E-state index in [1.807, 2.05) is 35.2 Å². The zero-order chi connectivity index (χ0) is 27.4. The van der Waals surface area contributed by atoms with E-state index >= 15 is 0 Å². The molecule has 0 N–H and O–H groups in total. The lowest BCUT2D eigenvalue weighted by Crippen LogP contribution is -2.48. The molecule has 0 atom stereocenters. The molecule has 39 heavy (non-hydrogen) atoms. The molecule has 0 spiro atoms. The Morgan fingerprint density at radius 2 is 1.77 bits per heavy atom. The predicted molar refractivity (Wildman–Crippen MR) is 153 cm³/mol. The summed E-state index contributed by atoms with van der Waals surface area (Å²) in [6.07, 6.45) is 5.27. The van der Waals surface area contributed by atoms with E-state index < -0.39 is 0 Å². The van der Waals surface area contributed by atoms with Crippen LogP contribution in [0.1, 0.15) is 54.6 Å². The van der Waals surface area contributed by atoms with E-state index in [-0.39, 0.29) is 30.4 Å². The van der Waals surface area contributed by atoms with Gasteiger partial charge in [0.25, 0.3) is 11.8 Å². The molecule has 2 aliphatic rings. The molecule has 0 aliphatic carbocycles. The largest absolute Gasteiger partial charge is 0.482 e. The molecular weight excluding hydrogens is 490 g/mol. The number of fused-ring (bicyclic) bond motifs is 1.